The molecule has 0 spiro atoms. The normalized spacial score (nSPS) is 11.9. The van der Waals surface area contributed by atoms with E-state index in [1.54, 1.807) is 7.11 Å². The molecular formula is C15H23NO. The zero-order valence-electron chi connectivity index (χ0n) is 11.1. The Labute approximate surface area is 104 Å². The second-order valence-corrected chi connectivity index (χ2v) is 4.49. The molecule has 0 aliphatic rings. The number of hydrogen-bond acceptors (Lipinski definition) is 2. The van der Waals surface area contributed by atoms with Crippen LogP contribution in [0.2, 0.25) is 0 Å². The van der Waals surface area contributed by atoms with E-state index in [4.69, 9.17) is 10.5 Å². The van der Waals surface area contributed by atoms with Crippen molar-refractivity contribution < 1.29 is 4.74 Å². The van der Waals surface area contributed by atoms with Gasteiger partial charge < -0.3 is 10.5 Å². The van der Waals surface area contributed by atoms with Crippen molar-refractivity contribution in [3.63, 3.8) is 0 Å². The minimum atomic E-state index is 0.688. The van der Waals surface area contributed by atoms with E-state index in [0.717, 1.165) is 19.4 Å². The van der Waals surface area contributed by atoms with Gasteiger partial charge in [-0.05, 0) is 49.9 Å². The van der Waals surface area contributed by atoms with Crippen molar-refractivity contribution in [2.45, 2.75) is 26.7 Å². The van der Waals surface area contributed by atoms with E-state index in [2.05, 4.69) is 38.1 Å². The summed E-state index contributed by atoms with van der Waals surface area (Å²) in [4.78, 5) is 0. The van der Waals surface area contributed by atoms with Gasteiger partial charge in [0.2, 0.25) is 0 Å². The Morgan fingerprint density at radius 2 is 2.12 bits per heavy atom. The van der Waals surface area contributed by atoms with Crippen molar-refractivity contribution in [3.8, 4) is 0 Å². The Morgan fingerprint density at radius 1 is 1.35 bits per heavy atom. The monoisotopic (exact) mass is 233 g/mol. The van der Waals surface area contributed by atoms with E-state index in [1.807, 2.05) is 0 Å². The zero-order chi connectivity index (χ0) is 12.7. The molecule has 0 atom stereocenters. The molecule has 0 saturated heterocycles. The fraction of sp³-hybridized carbons (Fsp3) is 0.467. The Kier molecular flexibility index (Phi) is 5.95. The molecule has 0 bridgehead atoms. The molecule has 2 heteroatoms. The van der Waals surface area contributed by atoms with Crippen molar-refractivity contribution in [1.29, 1.82) is 0 Å². The highest BCUT2D eigenvalue weighted by atomic mass is 16.5. The second-order valence-electron chi connectivity index (χ2n) is 4.49. The van der Waals surface area contributed by atoms with Crippen molar-refractivity contribution >= 4 is 6.08 Å². The molecule has 17 heavy (non-hydrogen) atoms. The van der Waals surface area contributed by atoms with Gasteiger partial charge in [0.05, 0.1) is 6.61 Å². The molecule has 0 unspecified atom stereocenters. The molecule has 94 valence electrons. The number of rotatable bonds is 6. The predicted octanol–water partition coefficient (Wildman–Crippen LogP) is 3.07. The molecule has 2 nitrogen and oxygen atoms in total. The minimum absolute atomic E-state index is 0.688. The number of methoxy groups -OCH3 is 1. The highest BCUT2D eigenvalue weighted by molar-refractivity contribution is 5.57. The highest BCUT2D eigenvalue weighted by Crippen LogP contribution is 2.17. The topological polar surface area (TPSA) is 35.2 Å². The predicted molar refractivity (Wildman–Crippen MR) is 74.1 cm³/mol. The lowest BCUT2D eigenvalue weighted by Gasteiger charge is -2.08. The van der Waals surface area contributed by atoms with Crippen molar-refractivity contribution in [2.75, 3.05) is 20.3 Å². The number of ether oxygens (including phenoxy) is 1. The van der Waals surface area contributed by atoms with Crippen LogP contribution in [0.25, 0.3) is 6.08 Å². The fourth-order valence-corrected chi connectivity index (χ4v) is 1.84. The van der Waals surface area contributed by atoms with Crippen molar-refractivity contribution in [1.82, 2.24) is 0 Å². The van der Waals surface area contributed by atoms with Crippen LogP contribution in [-0.2, 0) is 4.74 Å². The van der Waals surface area contributed by atoms with Crippen LogP contribution in [0.1, 0.15) is 29.5 Å². The van der Waals surface area contributed by atoms with E-state index in [-0.39, 0.29) is 0 Å². The molecule has 1 aromatic rings. The molecule has 0 fully saturated rings. The van der Waals surface area contributed by atoms with Gasteiger partial charge in [-0.1, -0.05) is 29.8 Å². The number of hydrogen-bond donors (Lipinski definition) is 1. The Hall–Kier alpha value is -1.12. The summed E-state index contributed by atoms with van der Waals surface area (Å²) in [5, 5.41) is 0. The first kappa shape index (κ1) is 13.9. The lowest BCUT2D eigenvalue weighted by Crippen LogP contribution is -2.02. The molecule has 1 rings (SSSR count). The summed E-state index contributed by atoms with van der Waals surface area (Å²) in [6.07, 6.45) is 4.26. The van der Waals surface area contributed by atoms with Crippen LogP contribution in [0.4, 0.5) is 0 Å². The third kappa shape index (κ3) is 4.72. The molecule has 0 amide bonds. The van der Waals surface area contributed by atoms with E-state index >= 15 is 0 Å². The van der Waals surface area contributed by atoms with Crippen molar-refractivity contribution in [3.05, 3.63) is 40.5 Å². The SMILES string of the molecule is COC/C(=C/c1cc(C)ccc1C)CCCN. The quantitative estimate of drug-likeness (QED) is 0.819. The van der Waals surface area contributed by atoms with Gasteiger partial charge in [-0.2, -0.15) is 0 Å². The van der Waals surface area contributed by atoms with Crippen LogP contribution >= 0.6 is 0 Å². The largest absolute Gasteiger partial charge is 0.380 e. The third-order valence-corrected chi connectivity index (χ3v) is 2.83. The first-order valence-electron chi connectivity index (χ1n) is 6.13. The molecular weight excluding hydrogens is 210 g/mol. The van der Waals surface area contributed by atoms with Gasteiger partial charge in [0.25, 0.3) is 0 Å². The maximum atomic E-state index is 5.55. The third-order valence-electron chi connectivity index (χ3n) is 2.83. The van der Waals surface area contributed by atoms with Gasteiger partial charge >= 0.3 is 0 Å². The maximum absolute atomic E-state index is 5.55. The van der Waals surface area contributed by atoms with Crippen LogP contribution in [0.3, 0.4) is 0 Å². The summed E-state index contributed by atoms with van der Waals surface area (Å²) in [5.41, 5.74) is 10.7. The summed E-state index contributed by atoms with van der Waals surface area (Å²) in [6.45, 7) is 5.67. The first-order valence-corrected chi connectivity index (χ1v) is 6.13. The van der Waals surface area contributed by atoms with Gasteiger partial charge in [0.15, 0.2) is 0 Å². The van der Waals surface area contributed by atoms with Crippen LogP contribution in [0, 0.1) is 13.8 Å². The first-order chi connectivity index (χ1) is 8.17. The van der Waals surface area contributed by atoms with Gasteiger partial charge in [-0.25, -0.2) is 0 Å². The Balaban J connectivity index is 2.90. The van der Waals surface area contributed by atoms with Gasteiger partial charge in [-0.3, -0.25) is 0 Å². The number of nitrogens with two attached hydrogens (primary N) is 1. The van der Waals surface area contributed by atoms with Gasteiger partial charge in [-0.15, -0.1) is 0 Å². The zero-order valence-corrected chi connectivity index (χ0v) is 11.1. The Bertz CT molecular complexity index is 383. The summed E-state index contributed by atoms with van der Waals surface area (Å²) < 4.78 is 5.23. The van der Waals surface area contributed by atoms with E-state index in [0.29, 0.717) is 6.61 Å². The molecule has 0 radical (unpaired) electrons. The fourth-order valence-electron chi connectivity index (χ4n) is 1.84. The maximum Gasteiger partial charge on any atom is 0.0676 e. The minimum Gasteiger partial charge on any atom is -0.380 e. The van der Waals surface area contributed by atoms with Crippen LogP contribution in [0.15, 0.2) is 23.8 Å². The lowest BCUT2D eigenvalue weighted by atomic mass is 10.0. The summed E-state index contributed by atoms with van der Waals surface area (Å²) in [6, 6.07) is 6.52. The van der Waals surface area contributed by atoms with Gasteiger partial charge in [0, 0.05) is 7.11 Å². The molecule has 0 saturated carbocycles. The number of aryl methyl sites for hydroxylation is 2. The molecule has 1 aromatic carbocycles. The smallest absolute Gasteiger partial charge is 0.0676 e. The van der Waals surface area contributed by atoms with Crippen LogP contribution in [-0.4, -0.2) is 20.3 Å². The number of benzene rings is 1. The summed E-state index contributed by atoms with van der Waals surface area (Å²) in [5.74, 6) is 0. The molecule has 0 aliphatic carbocycles. The Morgan fingerprint density at radius 3 is 2.76 bits per heavy atom. The second kappa shape index (κ2) is 7.25. The summed E-state index contributed by atoms with van der Waals surface area (Å²) in [7, 11) is 1.74. The lowest BCUT2D eigenvalue weighted by molar-refractivity contribution is 0.223. The average Bonchev–Trinajstić information content (AvgIpc) is 2.31. The van der Waals surface area contributed by atoms with Crippen molar-refractivity contribution in [2.24, 2.45) is 5.73 Å². The standard InChI is InChI=1S/C15H23NO/c1-12-6-7-13(2)15(9-12)10-14(11-17-3)5-4-8-16/h6-7,9-10H,4-5,8,11,16H2,1-3H3/b14-10+. The van der Waals surface area contributed by atoms with Crippen LogP contribution in [0.5, 0.6) is 0 Å². The molecule has 2 N–H and O–H groups in total. The molecule has 0 heterocycles. The van der Waals surface area contributed by atoms with E-state index in [9.17, 15) is 0 Å². The highest BCUT2D eigenvalue weighted by Gasteiger charge is 2.00. The van der Waals surface area contributed by atoms with Crippen LogP contribution < -0.4 is 5.73 Å². The van der Waals surface area contributed by atoms with E-state index in [1.165, 1.54) is 22.3 Å². The molecule has 0 aromatic heterocycles. The van der Waals surface area contributed by atoms with Gasteiger partial charge in [0.1, 0.15) is 0 Å². The average molecular weight is 233 g/mol. The summed E-state index contributed by atoms with van der Waals surface area (Å²) >= 11 is 0. The molecule has 0 aliphatic heterocycles. The van der Waals surface area contributed by atoms with E-state index < -0.39 is 0 Å².